The second-order valence-electron chi connectivity index (χ2n) is 6.94. The molecule has 2 aromatic carbocycles. The molecule has 1 aromatic heterocycles. The number of benzene rings is 2. The molecule has 31 heavy (non-hydrogen) atoms. The molecule has 156 valence electrons. The number of hydrogen-bond donors (Lipinski definition) is 3. The number of hydrogen-bond acceptors (Lipinski definition) is 5. The van der Waals surface area contributed by atoms with Gasteiger partial charge in [-0.25, -0.2) is 4.79 Å². The number of amides is 3. The number of pyridine rings is 1. The lowest BCUT2D eigenvalue weighted by Gasteiger charge is -2.11. The van der Waals surface area contributed by atoms with Gasteiger partial charge < -0.3 is 20.8 Å². The number of carbonyl (C=O) groups is 2. The minimum absolute atomic E-state index is 0.243. The van der Waals surface area contributed by atoms with Gasteiger partial charge in [0.1, 0.15) is 0 Å². The van der Waals surface area contributed by atoms with Crippen molar-refractivity contribution in [2.24, 2.45) is 5.16 Å². The lowest BCUT2D eigenvalue weighted by molar-refractivity contribution is -0.131. The summed E-state index contributed by atoms with van der Waals surface area (Å²) in [6, 6.07) is 19.8. The number of aromatic nitrogens is 1. The highest BCUT2D eigenvalue weighted by molar-refractivity contribution is 6.04. The molecule has 0 fully saturated rings. The Kier molecular flexibility index (Phi) is 6.18. The minimum Gasteiger partial charge on any atom is -0.382 e. The van der Waals surface area contributed by atoms with Gasteiger partial charge in [-0.3, -0.25) is 9.78 Å². The zero-order valence-corrected chi connectivity index (χ0v) is 16.6. The summed E-state index contributed by atoms with van der Waals surface area (Å²) in [5, 5.41) is 12.4. The third-order valence-electron chi connectivity index (χ3n) is 4.66. The van der Waals surface area contributed by atoms with Crippen LogP contribution in [-0.4, -0.2) is 28.7 Å². The van der Waals surface area contributed by atoms with Crippen LogP contribution in [0.15, 0.2) is 84.3 Å². The van der Waals surface area contributed by atoms with Crippen LogP contribution in [0.3, 0.4) is 0 Å². The number of oxime groups is 1. The predicted octanol–water partition coefficient (Wildman–Crippen LogP) is 3.54. The van der Waals surface area contributed by atoms with Crippen LogP contribution < -0.4 is 16.0 Å². The fraction of sp³-hybridized carbons (Fsp3) is 0.130. The van der Waals surface area contributed by atoms with Gasteiger partial charge in [0, 0.05) is 42.3 Å². The monoisotopic (exact) mass is 415 g/mol. The fourth-order valence-electron chi connectivity index (χ4n) is 3.11. The SMILES string of the molecule is O=C(Nc1ccccc1)Nc1cccc(CNC(=O)C2CC(c3ccncc3)=NO2)c1. The van der Waals surface area contributed by atoms with Crippen molar-refractivity contribution in [3.05, 3.63) is 90.3 Å². The number of anilines is 2. The van der Waals surface area contributed by atoms with Gasteiger partial charge >= 0.3 is 6.03 Å². The molecule has 0 spiro atoms. The van der Waals surface area contributed by atoms with Gasteiger partial charge in [0.05, 0.1) is 5.71 Å². The summed E-state index contributed by atoms with van der Waals surface area (Å²) in [6.07, 6.45) is 3.08. The first-order valence-electron chi connectivity index (χ1n) is 9.80. The molecular weight excluding hydrogens is 394 g/mol. The van der Waals surface area contributed by atoms with Gasteiger partial charge in [-0.1, -0.05) is 35.5 Å². The van der Waals surface area contributed by atoms with Gasteiger partial charge in [0.2, 0.25) is 6.10 Å². The van der Waals surface area contributed by atoms with Crippen LogP contribution in [0, 0.1) is 0 Å². The van der Waals surface area contributed by atoms with Crippen molar-refractivity contribution in [3.63, 3.8) is 0 Å². The van der Waals surface area contributed by atoms with E-state index in [9.17, 15) is 9.59 Å². The molecule has 0 saturated carbocycles. The van der Waals surface area contributed by atoms with Crippen molar-refractivity contribution in [2.45, 2.75) is 19.1 Å². The van der Waals surface area contributed by atoms with Crippen molar-refractivity contribution >= 4 is 29.0 Å². The summed E-state index contributed by atoms with van der Waals surface area (Å²) in [5.41, 5.74) is 3.78. The molecule has 8 heteroatoms. The van der Waals surface area contributed by atoms with E-state index < -0.39 is 6.10 Å². The molecule has 1 aliphatic rings. The molecule has 3 N–H and O–H groups in total. The van der Waals surface area contributed by atoms with E-state index in [1.165, 1.54) is 0 Å². The molecule has 1 unspecified atom stereocenters. The van der Waals surface area contributed by atoms with Crippen LogP contribution in [0.5, 0.6) is 0 Å². The van der Waals surface area contributed by atoms with E-state index in [4.69, 9.17) is 4.84 Å². The average molecular weight is 415 g/mol. The van der Waals surface area contributed by atoms with Gasteiger partial charge in [-0.05, 0) is 42.0 Å². The summed E-state index contributed by atoms with van der Waals surface area (Å²) in [4.78, 5) is 33.9. The van der Waals surface area contributed by atoms with Gasteiger partial charge in [-0.2, -0.15) is 0 Å². The topological polar surface area (TPSA) is 105 Å². The first kappa shape index (κ1) is 20.1. The molecule has 0 bridgehead atoms. The van der Waals surface area contributed by atoms with E-state index in [0.29, 0.717) is 24.3 Å². The minimum atomic E-state index is -0.666. The zero-order valence-electron chi connectivity index (χ0n) is 16.6. The number of nitrogens with one attached hydrogen (secondary N) is 3. The highest BCUT2D eigenvalue weighted by atomic mass is 16.6. The van der Waals surface area contributed by atoms with Crippen molar-refractivity contribution in [1.29, 1.82) is 0 Å². The van der Waals surface area contributed by atoms with Crippen LogP contribution in [0.2, 0.25) is 0 Å². The first-order chi connectivity index (χ1) is 15.2. The number of urea groups is 1. The smallest absolute Gasteiger partial charge is 0.323 e. The summed E-state index contributed by atoms with van der Waals surface area (Å²) >= 11 is 0. The maximum atomic E-state index is 12.5. The second kappa shape index (κ2) is 9.53. The van der Waals surface area contributed by atoms with Crippen molar-refractivity contribution in [2.75, 3.05) is 10.6 Å². The van der Waals surface area contributed by atoms with E-state index in [1.54, 1.807) is 36.7 Å². The molecule has 4 rings (SSSR count). The van der Waals surface area contributed by atoms with Crippen molar-refractivity contribution in [3.8, 4) is 0 Å². The number of carbonyl (C=O) groups excluding carboxylic acids is 2. The lowest BCUT2D eigenvalue weighted by Crippen LogP contribution is -2.34. The number of rotatable bonds is 6. The van der Waals surface area contributed by atoms with Crippen LogP contribution in [-0.2, 0) is 16.2 Å². The molecule has 3 amide bonds. The molecule has 3 aromatic rings. The lowest BCUT2D eigenvalue weighted by atomic mass is 10.1. The Morgan fingerprint density at radius 3 is 2.48 bits per heavy atom. The Hall–Kier alpha value is -4.20. The Morgan fingerprint density at radius 2 is 1.68 bits per heavy atom. The van der Waals surface area contributed by atoms with E-state index in [-0.39, 0.29) is 11.9 Å². The molecule has 0 aliphatic carbocycles. The maximum Gasteiger partial charge on any atom is 0.323 e. The molecular formula is C23H21N5O3. The third kappa shape index (κ3) is 5.45. The van der Waals surface area contributed by atoms with E-state index >= 15 is 0 Å². The maximum absolute atomic E-state index is 12.5. The molecule has 0 saturated heterocycles. The summed E-state index contributed by atoms with van der Waals surface area (Å²) in [7, 11) is 0. The molecule has 1 atom stereocenters. The van der Waals surface area contributed by atoms with E-state index in [2.05, 4.69) is 26.1 Å². The normalized spacial score (nSPS) is 14.8. The van der Waals surface area contributed by atoms with Gasteiger partial charge in [-0.15, -0.1) is 0 Å². The number of nitrogens with zero attached hydrogens (tertiary/aromatic N) is 2. The third-order valence-corrected chi connectivity index (χ3v) is 4.66. The second-order valence-corrected chi connectivity index (χ2v) is 6.94. The number of para-hydroxylation sites is 1. The van der Waals surface area contributed by atoms with Crippen molar-refractivity contribution in [1.82, 2.24) is 10.3 Å². The van der Waals surface area contributed by atoms with Crippen LogP contribution in [0.1, 0.15) is 17.5 Å². The highest BCUT2D eigenvalue weighted by Gasteiger charge is 2.28. The molecule has 8 nitrogen and oxygen atoms in total. The van der Waals surface area contributed by atoms with E-state index in [0.717, 1.165) is 16.8 Å². The Morgan fingerprint density at radius 1 is 0.935 bits per heavy atom. The summed E-state index contributed by atoms with van der Waals surface area (Å²) in [6.45, 7) is 0.305. The van der Waals surface area contributed by atoms with Crippen LogP contribution in [0.4, 0.5) is 16.2 Å². The van der Waals surface area contributed by atoms with Crippen LogP contribution >= 0.6 is 0 Å². The Labute approximate surface area is 179 Å². The van der Waals surface area contributed by atoms with Crippen LogP contribution in [0.25, 0.3) is 0 Å². The molecule has 2 heterocycles. The van der Waals surface area contributed by atoms with Crippen molar-refractivity contribution < 1.29 is 14.4 Å². The largest absolute Gasteiger partial charge is 0.382 e. The average Bonchev–Trinajstić information content (AvgIpc) is 3.29. The molecule has 1 aliphatic heterocycles. The first-order valence-corrected chi connectivity index (χ1v) is 9.80. The van der Waals surface area contributed by atoms with E-state index in [1.807, 2.05) is 42.5 Å². The Balaban J connectivity index is 1.27. The standard InChI is InChI=1S/C23H21N5O3/c29-22(21-14-20(28-31-21)17-9-11-24-12-10-17)25-15-16-5-4-8-19(13-16)27-23(30)26-18-6-2-1-3-7-18/h1-13,21H,14-15H2,(H,25,29)(H2,26,27,30). The zero-order chi connectivity index (χ0) is 21.5. The van der Waals surface area contributed by atoms with Gasteiger partial charge in [0.15, 0.2) is 0 Å². The summed E-state index contributed by atoms with van der Waals surface area (Å²) < 4.78 is 0. The Bertz CT molecular complexity index is 1090. The quantitative estimate of drug-likeness (QED) is 0.573. The molecule has 0 radical (unpaired) electrons. The fourth-order valence-corrected chi connectivity index (χ4v) is 3.11. The van der Waals surface area contributed by atoms with Gasteiger partial charge in [0.25, 0.3) is 5.91 Å². The summed E-state index contributed by atoms with van der Waals surface area (Å²) in [5.74, 6) is -0.243. The highest BCUT2D eigenvalue weighted by Crippen LogP contribution is 2.17. The predicted molar refractivity (Wildman–Crippen MR) is 118 cm³/mol.